The van der Waals surface area contributed by atoms with Crippen molar-refractivity contribution < 1.29 is 4.79 Å². The van der Waals surface area contributed by atoms with Gasteiger partial charge in [-0.3, -0.25) is 4.79 Å². The van der Waals surface area contributed by atoms with Gasteiger partial charge in [-0.05, 0) is 66.2 Å². The maximum absolute atomic E-state index is 13.2. The Hall–Kier alpha value is -2.09. The number of hydrogen-bond donors (Lipinski definition) is 1. The van der Waals surface area contributed by atoms with Crippen molar-refractivity contribution in [3.05, 3.63) is 59.7 Å². The van der Waals surface area contributed by atoms with E-state index >= 15 is 0 Å². The molecule has 25 heavy (non-hydrogen) atoms. The van der Waals surface area contributed by atoms with Gasteiger partial charge in [0.05, 0.1) is 5.92 Å². The van der Waals surface area contributed by atoms with E-state index in [2.05, 4.69) is 48.6 Å². The molecule has 2 nitrogen and oxygen atoms in total. The lowest BCUT2D eigenvalue weighted by Crippen LogP contribution is -2.42. The van der Waals surface area contributed by atoms with Gasteiger partial charge in [0, 0.05) is 6.04 Å². The number of benzene rings is 2. The number of fused-ring (bicyclic) bond motifs is 5. The van der Waals surface area contributed by atoms with Crippen LogP contribution in [0, 0.1) is 17.8 Å². The third kappa shape index (κ3) is 2.34. The summed E-state index contributed by atoms with van der Waals surface area (Å²) in [4.78, 5) is 13.2. The van der Waals surface area contributed by atoms with Gasteiger partial charge in [0.15, 0.2) is 0 Å². The van der Waals surface area contributed by atoms with Crippen LogP contribution in [0.5, 0.6) is 0 Å². The molecule has 2 bridgehead atoms. The summed E-state index contributed by atoms with van der Waals surface area (Å²) in [6.07, 6.45) is 5.47. The summed E-state index contributed by atoms with van der Waals surface area (Å²) in [5, 5.41) is 3.39. The molecule has 4 atom stereocenters. The lowest BCUT2D eigenvalue weighted by Gasteiger charge is -2.29. The maximum Gasteiger partial charge on any atom is 0.232 e. The Kier molecular flexibility index (Phi) is 3.48. The molecule has 128 valence electrons. The fraction of sp³-hybridized carbons (Fsp3) is 0.435. The van der Waals surface area contributed by atoms with E-state index in [4.69, 9.17) is 0 Å². The second-order valence-corrected chi connectivity index (χ2v) is 8.24. The molecule has 3 aliphatic rings. The van der Waals surface area contributed by atoms with Gasteiger partial charge in [-0.25, -0.2) is 0 Å². The Morgan fingerprint density at radius 1 is 0.960 bits per heavy atom. The van der Waals surface area contributed by atoms with Crippen molar-refractivity contribution >= 4 is 5.91 Å². The molecular weight excluding hydrogens is 306 g/mol. The molecule has 0 radical (unpaired) electrons. The smallest absolute Gasteiger partial charge is 0.232 e. The highest BCUT2D eigenvalue weighted by molar-refractivity contribution is 5.96. The van der Waals surface area contributed by atoms with E-state index in [0.717, 1.165) is 23.0 Å². The van der Waals surface area contributed by atoms with E-state index in [1.165, 1.54) is 36.8 Å². The number of hydrogen-bond acceptors (Lipinski definition) is 1. The summed E-state index contributed by atoms with van der Waals surface area (Å²) in [7, 11) is 0. The minimum Gasteiger partial charge on any atom is -0.353 e. The molecule has 2 aromatic carbocycles. The average molecular weight is 331 g/mol. The topological polar surface area (TPSA) is 29.1 Å². The second kappa shape index (κ2) is 5.72. The lowest BCUT2D eigenvalue weighted by molar-refractivity contribution is -0.122. The predicted molar refractivity (Wildman–Crippen MR) is 100 cm³/mol. The molecule has 0 aliphatic heterocycles. The summed E-state index contributed by atoms with van der Waals surface area (Å²) >= 11 is 0. The first-order valence-corrected chi connectivity index (χ1v) is 9.71. The molecular formula is C23H25NO. The van der Waals surface area contributed by atoms with E-state index < -0.39 is 0 Å². The summed E-state index contributed by atoms with van der Waals surface area (Å²) in [6, 6.07) is 17.0. The molecule has 0 saturated heterocycles. The zero-order valence-electron chi connectivity index (χ0n) is 14.7. The summed E-state index contributed by atoms with van der Waals surface area (Å²) in [5.41, 5.74) is 4.74. The normalized spacial score (nSPS) is 27.8. The Labute approximate surface area is 149 Å². The van der Waals surface area contributed by atoms with Crippen LogP contribution in [0.2, 0.25) is 0 Å². The van der Waals surface area contributed by atoms with Gasteiger partial charge in [-0.2, -0.15) is 0 Å². The van der Waals surface area contributed by atoms with Crippen molar-refractivity contribution in [3.63, 3.8) is 0 Å². The van der Waals surface area contributed by atoms with Crippen LogP contribution in [-0.2, 0) is 4.79 Å². The molecule has 2 fully saturated rings. The SMILES string of the molecule is C[C@@H](NC(=O)C1c2ccccc2-c2ccccc21)[C@@H]1C[C@H]2CC[C@H]1C2. The largest absolute Gasteiger partial charge is 0.353 e. The predicted octanol–water partition coefficient (Wildman–Crippen LogP) is 4.74. The number of carbonyl (C=O) groups excluding carboxylic acids is 1. The minimum atomic E-state index is -0.159. The number of rotatable bonds is 3. The van der Waals surface area contributed by atoms with Crippen LogP contribution in [-0.4, -0.2) is 11.9 Å². The van der Waals surface area contributed by atoms with Crippen LogP contribution in [0.4, 0.5) is 0 Å². The Morgan fingerprint density at radius 2 is 1.60 bits per heavy atom. The highest BCUT2D eigenvalue weighted by Crippen LogP contribution is 2.50. The van der Waals surface area contributed by atoms with Crippen molar-refractivity contribution in [1.29, 1.82) is 0 Å². The van der Waals surface area contributed by atoms with Crippen LogP contribution in [0.25, 0.3) is 11.1 Å². The van der Waals surface area contributed by atoms with Gasteiger partial charge in [0.2, 0.25) is 5.91 Å². The molecule has 0 unspecified atom stereocenters. The van der Waals surface area contributed by atoms with Crippen LogP contribution < -0.4 is 5.32 Å². The Balaban J connectivity index is 1.42. The fourth-order valence-electron chi connectivity index (χ4n) is 5.76. The molecule has 2 heteroatoms. The molecule has 2 aromatic rings. The standard InChI is InChI=1S/C23H25NO/c1-14(21-13-15-10-11-16(21)12-15)24-23(25)22-19-8-4-2-6-17(19)18-7-3-5-9-20(18)22/h2-9,14-16,21-22H,10-13H2,1H3,(H,24,25)/t14-,15+,16+,21+/m1/s1. The second-order valence-electron chi connectivity index (χ2n) is 8.24. The van der Waals surface area contributed by atoms with E-state index in [1.54, 1.807) is 0 Å². The first kappa shape index (κ1) is 15.2. The van der Waals surface area contributed by atoms with E-state index in [1.807, 2.05) is 12.1 Å². The van der Waals surface area contributed by atoms with Gasteiger partial charge in [-0.15, -0.1) is 0 Å². The van der Waals surface area contributed by atoms with Crippen molar-refractivity contribution in [1.82, 2.24) is 5.32 Å². The highest BCUT2D eigenvalue weighted by Gasteiger charge is 2.43. The maximum atomic E-state index is 13.2. The van der Waals surface area contributed by atoms with Gasteiger partial charge < -0.3 is 5.32 Å². The number of carbonyl (C=O) groups is 1. The Morgan fingerprint density at radius 3 is 2.16 bits per heavy atom. The van der Waals surface area contributed by atoms with Crippen LogP contribution in [0.1, 0.15) is 49.7 Å². The van der Waals surface area contributed by atoms with Crippen molar-refractivity contribution in [2.75, 3.05) is 0 Å². The van der Waals surface area contributed by atoms with Gasteiger partial charge in [0.1, 0.15) is 0 Å². The van der Waals surface area contributed by atoms with E-state index in [9.17, 15) is 4.79 Å². The average Bonchev–Trinajstić information content (AvgIpc) is 3.34. The quantitative estimate of drug-likeness (QED) is 0.865. The third-order valence-corrected chi connectivity index (χ3v) is 6.90. The molecule has 1 N–H and O–H groups in total. The van der Waals surface area contributed by atoms with Gasteiger partial charge >= 0.3 is 0 Å². The fourth-order valence-corrected chi connectivity index (χ4v) is 5.76. The van der Waals surface area contributed by atoms with Crippen LogP contribution in [0.15, 0.2) is 48.5 Å². The Bertz CT molecular complexity index is 781. The van der Waals surface area contributed by atoms with Gasteiger partial charge in [0.25, 0.3) is 0 Å². The minimum absolute atomic E-state index is 0.159. The highest BCUT2D eigenvalue weighted by atomic mass is 16.2. The van der Waals surface area contributed by atoms with Crippen LogP contribution >= 0.6 is 0 Å². The zero-order chi connectivity index (χ0) is 17.0. The van der Waals surface area contributed by atoms with Crippen molar-refractivity contribution in [2.24, 2.45) is 17.8 Å². The molecule has 2 saturated carbocycles. The lowest BCUT2D eigenvalue weighted by atomic mass is 9.83. The van der Waals surface area contributed by atoms with Crippen molar-refractivity contribution in [3.8, 4) is 11.1 Å². The number of amides is 1. The molecule has 0 heterocycles. The van der Waals surface area contributed by atoms with E-state index in [0.29, 0.717) is 5.92 Å². The summed E-state index contributed by atoms with van der Waals surface area (Å²) < 4.78 is 0. The summed E-state index contributed by atoms with van der Waals surface area (Å²) in [6.45, 7) is 2.22. The third-order valence-electron chi connectivity index (χ3n) is 6.90. The first-order valence-electron chi connectivity index (χ1n) is 9.71. The van der Waals surface area contributed by atoms with Gasteiger partial charge in [-0.1, -0.05) is 55.0 Å². The zero-order valence-corrected chi connectivity index (χ0v) is 14.7. The molecule has 5 rings (SSSR count). The number of nitrogens with one attached hydrogen (secondary N) is 1. The monoisotopic (exact) mass is 331 g/mol. The molecule has 0 spiro atoms. The van der Waals surface area contributed by atoms with E-state index in [-0.39, 0.29) is 17.9 Å². The summed E-state index contributed by atoms with van der Waals surface area (Å²) in [5.74, 6) is 2.45. The molecule has 0 aromatic heterocycles. The first-order chi connectivity index (χ1) is 12.2. The molecule has 3 aliphatic carbocycles. The van der Waals surface area contributed by atoms with Crippen molar-refractivity contribution in [2.45, 2.75) is 44.6 Å². The van der Waals surface area contributed by atoms with Crippen LogP contribution in [0.3, 0.4) is 0 Å². The molecule has 1 amide bonds.